The molecule has 2 atom stereocenters. The fourth-order valence-electron chi connectivity index (χ4n) is 2.02. The summed E-state index contributed by atoms with van der Waals surface area (Å²) in [5.74, 6) is -0.718. The van der Waals surface area contributed by atoms with E-state index in [1.807, 2.05) is 0 Å². The third-order valence-electron chi connectivity index (χ3n) is 2.78. The van der Waals surface area contributed by atoms with Crippen LogP contribution in [0, 0.1) is 5.41 Å². The first kappa shape index (κ1) is 9.21. The molecule has 14 heavy (non-hydrogen) atoms. The van der Waals surface area contributed by atoms with E-state index < -0.39 is 5.91 Å². The van der Waals surface area contributed by atoms with Gasteiger partial charge in [0, 0.05) is 17.7 Å². The molecule has 2 unspecified atom stereocenters. The van der Waals surface area contributed by atoms with Crippen LogP contribution < -0.4 is 11.5 Å². The van der Waals surface area contributed by atoms with E-state index in [4.69, 9.17) is 21.6 Å². The van der Waals surface area contributed by atoms with Crippen molar-refractivity contribution in [2.75, 3.05) is 0 Å². The summed E-state index contributed by atoms with van der Waals surface area (Å²) in [6.07, 6.45) is 2.38. The third-order valence-corrected chi connectivity index (χ3v) is 2.78. The first-order valence-corrected chi connectivity index (χ1v) is 4.62. The lowest BCUT2D eigenvalue weighted by Crippen LogP contribution is -2.34. The minimum absolute atomic E-state index is 0.108. The lowest BCUT2D eigenvalue weighted by Gasteiger charge is -2.24. The van der Waals surface area contributed by atoms with Crippen molar-refractivity contribution in [3.63, 3.8) is 0 Å². The SMILES string of the molecule is N=C(C(N)=O)C1=C(N)C2CCC(C1)O2. The number of rotatable bonds is 2. The van der Waals surface area contributed by atoms with Crippen molar-refractivity contribution < 1.29 is 9.53 Å². The molecule has 0 aromatic rings. The zero-order valence-electron chi connectivity index (χ0n) is 7.75. The number of hydrogen-bond donors (Lipinski definition) is 3. The highest BCUT2D eigenvalue weighted by Gasteiger charge is 2.36. The maximum absolute atomic E-state index is 10.8. The van der Waals surface area contributed by atoms with E-state index >= 15 is 0 Å². The van der Waals surface area contributed by atoms with E-state index in [0.29, 0.717) is 17.7 Å². The van der Waals surface area contributed by atoms with Gasteiger partial charge in [-0.3, -0.25) is 10.2 Å². The molecule has 0 radical (unpaired) electrons. The predicted molar refractivity (Wildman–Crippen MR) is 50.6 cm³/mol. The van der Waals surface area contributed by atoms with E-state index in [0.717, 1.165) is 12.8 Å². The van der Waals surface area contributed by atoms with Gasteiger partial charge in [-0.15, -0.1) is 0 Å². The number of carbonyl (C=O) groups excluding carboxylic acids is 1. The Labute approximate surface area is 81.6 Å². The summed E-state index contributed by atoms with van der Waals surface area (Å²) < 4.78 is 5.54. The van der Waals surface area contributed by atoms with Crippen LogP contribution >= 0.6 is 0 Å². The largest absolute Gasteiger partial charge is 0.400 e. The molecule has 5 N–H and O–H groups in total. The summed E-state index contributed by atoms with van der Waals surface area (Å²) in [7, 11) is 0. The van der Waals surface area contributed by atoms with Crippen molar-refractivity contribution in [1.29, 1.82) is 5.41 Å². The van der Waals surface area contributed by atoms with Crippen LogP contribution in [0.15, 0.2) is 11.3 Å². The van der Waals surface area contributed by atoms with E-state index in [9.17, 15) is 4.79 Å². The van der Waals surface area contributed by atoms with E-state index in [-0.39, 0.29) is 17.9 Å². The van der Waals surface area contributed by atoms with Crippen LogP contribution in [0.2, 0.25) is 0 Å². The Hall–Kier alpha value is -1.36. The maximum Gasteiger partial charge on any atom is 0.266 e. The maximum atomic E-state index is 10.8. The molecule has 1 amide bonds. The molecule has 0 aliphatic carbocycles. The monoisotopic (exact) mass is 195 g/mol. The van der Waals surface area contributed by atoms with Gasteiger partial charge < -0.3 is 16.2 Å². The normalized spacial score (nSPS) is 30.6. The molecular weight excluding hydrogens is 182 g/mol. The minimum atomic E-state index is -0.718. The quantitative estimate of drug-likeness (QED) is 0.525. The topological polar surface area (TPSA) is 102 Å². The molecule has 1 fully saturated rings. The number of amides is 1. The fraction of sp³-hybridized carbons (Fsp3) is 0.556. The van der Waals surface area contributed by atoms with Gasteiger partial charge in [-0.05, 0) is 12.8 Å². The van der Waals surface area contributed by atoms with E-state index in [1.54, 1.807) is 0 Å². The second-order valence-electron chi connectivity index (χ2n) is 3.70. The van der Waals surface area contributed by atoms with Crippen molar-refractivity contribution in [1.82, 2.24) is 0 Å². The number of hydrogen-bond acceptors (Lipinski definition) is 4. The zero-order chi connectivity index (χ0) is 10.3. The molecule has 0 aromatic heterocycles. The second kappa shape index (κ2) is 3.09. The van der Waals surface area contributed by atoms with E-state index in [2.05, 4.69) is 0 Å². The molecule has 76 valence electrons. The molecule has 0 spiro atoms. The molecule has 0 aromatic carbocycles. The Morgan fingerprint density at radius 2 is 2.21 bits per heavy atom. The van der Waals surface area contributed by atoms with Gasteiger partial charge in [0.2, 0.25) is 0 Å². The Morgan fingerprint density at radius 1 is 1.50 bits per heavy atom. The number of fused-ring (bicyclic) bond motifs is 2. The van der Waals surface area contributed by atoms with Crippen molar-refractivity contribution >= 4 is 11.6 Å². The molecule has 2 bridgehead atoms. The van der Waals surface area contributed by atoms with Crippen LogP contribution in [0.1, 0.15) is 19.3 Å². The number of primary amides is 1. The first-order valence-electron chi connectivity index (χ1n) is 4.62. The van der Waals surface area contributed by atoms with Crippen molar-refractivity contribution in [3.8, 4) is 0 Å². The zero-order valence-corrected chi connectivity index (χ0v) is 7.75. The minimum Gasteiger partial charge on any atom is -0.400 e. The highest BCUT2D eigenvalue weighted by atomic mass is 16.5. The smallest absolute Gasteiger partial charge is 0.266 e. The Balaban J connectivity index is 2.30. The van der Waals surface area contributed by atoms with Gasteiger partial charge in [-0.1, -0.05) is 0 Å². The van der Waals surface area contributed by atoms with Crippen LogP contribution in [-0.4, -0.2) is 23.8 Å². The fourth-order valence-corrected chi connectivity index (χ4v) is 2.02. The average Bonchev–Trinajstić information content (AvgIpc) is 2.54. The lowest BCUT2D eigenvalue weighted by atomic mass is 9.99. The average molecular weight is 195 g/mol. The van der Waals surface area contributed by atoms with Gasteiger partial charge in [0.05, 0.1) is 12.2 Å². The second-order valence-corrected chi connectivity index (χ2v) is 3.70. The number of carbonyl (C=O) groups is 1. The molecule has 2 rings (SSSR count). The summed E-state index contributed by atoms with van der Waals surface area (Å²) in [5.41, 5.74) is 11.8. The van der Waals surface area contributed by atoms with Crippen LogP contribution in [-0.2, 0) is 9.53 Å². The van der Waals surface area contributed by atoms with Gasteiger partial charge >= 0.3 is 0 Å². The standard InChI is InChI=1S/C9H13N3O2/c10-7-5(8(11)9(12)13)3-4-1-2-6(7)14-4/h4,6,11H,1-3,10H2,(H2,12,13). The first-order chi connectivity index (χ1) is 6.59. The Kier molecular flexibility index (Phi) is 2.03. The van der Waals surface area contributed by atoms with Crippen molar-refractivity contribution in [3.05, 3.63) is 11.3 Å². The van der Waals surface area contributed by atoms with Gasteiger partial charge in [-0.25, -0.2) is 0 Å². The summed E-state index contributed by atoms with van der Waals surface area (Å²) in [6, 6.07) is 0. The van der Waals surface area contributed by atoms with Gasteiger partial charge in [0.1, 0.15) is 5.71 Å². The molecule has 5 heteroatoms. The van der Waals surface area contributed by atoms with Crippen molar-refractivity contribution in [2.24, 2.45) is 11.5 Å². The summed E-state index contributed by atoms with van der Waals surface area (Å²) in [5, 5.41) is 7.51. The molecule has 2 aliphatic rings. The molecule has 2 heterocycles. The highest BCUT2D eigenvalue weighted by Crippen LogP contribution is 2.34. The molecular formula is C9H13N3O2. The highest BCUT2D eigenvalue weighted by molar-refractivity contribution is 6.43. The number of nitrogens with one attached hydrogen (secondary N) is 1. The lowest BCUT2D eigenvalue weighted by molar-refractivity contribution is -0.112. The summed E-state index contributed by atoms with van der Waals surface area (Å²) >= 11 is 0. The molecule has 2 aliphatic heterocycles. The van der Waals surface area contributed by atoms with Crippen LogP contribution in [0.25, 0.3) is 0 Å². The summed E-state index contributed by atoms with van der Waals surface area (Å²) in [6.45, 7) is 0. The van der Waals surface area contributed by atoms with Gasteiger partial charge in [-0.2, -0.15) is 0 Å². The number of ether oxygens (including phenoxy) is 1. The van der Waals surface area contributed by atoms with Gasteiger partial charge in [0.15, 0.2) is 0 Å². The molecule has 5 nitrogen and oxygen atoms in total. The van der Waals surface area contributed by atoms with Crippen LogP contribution in [0.5, 0.6) is 0 Å². The number of nitrogens with two attached hydrogens (primary N) is 2. The van der Waals surface area contributed by atoms with Crippen molar-refractivity contribution in [2.45, 2.75) is 31.5 Å². The Bertz CT molecular complexity index is 335. The predicted octanol–water partition coefficient (Wildman–Crippen LogP) is -0.344. The van der Waals surface area contributed by atoms with E-state index in [1.165, 1.54) is 0 Å². The van der Waals surface area contributed by atoms with Crippen LogP contribution in [0.3, 0.4) is 0 Å². The molecule has 1 saturated heterocycles. The van der Waals surface area contributed by atoms with Gasteiger partial charge in [0.25, 0.3) is 5.91 Å². The third kappa shape index (κ3) is 1.29. The summed E-state index contributed by atoms with van der Waals surface area (Å²) in [4.78, 5) is 10.8. The Morgan fingerprint density at radius 3 is 2.86 bits per heavy atom. The van der Waals surface area contributed by atoms with Crippen LogP contribution in [0.4, 0.5) is 0 Å². The molecule has 0 saturated carbocycles.